The molecule has 2 aromatic rings. The summed E-state index contributed by atoms with van der Waals surface area (Å²) in [7, 11) is 1.48. The number of rotatable bonds is 2. The van der Waals surface area contributed by atoms with Crippen molar-refractivity contribution in [3.8, 4) is 11.3 Å². The van der Waals surface area contributed by atoms with Crippen LogP contribution >= 0.6 is 35.4 Å². The summed E-state index contributed by atoms with van der Waals surface area (Å²) in [6.07, 6.45) is 1.36. The maximum Gasteiger partial charge on any atom is 0.265 e. The van der Waals surface area contributed by atoms with Crippen LogP contribution in [0.25, 0.3) is 17.4 Å². The lowest BCUT2D eigenvalue weighted by Gasteiger charge is -2.24. The first-order chi connectivity index (χ1) is 11.4. The van der Waals surface area contributed by atoms with Crippen LogP contribution in [0.4, 0.5) is 0 Å². The van der Waals surface area contributed by atoms with E-state index in [0.29, 0.717) is 27.1 Å². The van der Waals surface area contributed by atoms with Crippen LogP contribution in [0.15, 0.2) is 40.3 Å². The monoisotopic (exact) mass is 380 g/mol. The van der Waals surface area contributed by atoms with Gasteiger partial charge in [0.25, 0.3) is 11.8 Å². The molecule has 1 aliphatic rings. The van der Waals surface area contributed by atoms with Gasteiger partial charge in [-0.3, -0.25) is 19.8 Å². The Balaban J connectivity index is 1.96. The maximum atomic E-state index is 12.2. The maximum absolute atomic E-state index is 12.2. The molecule has 1 saturated heterocycles. The van der Waals surface area contributed by atoms with Crippen molar-refractivity contribution in [3.05, 3.63) is 51.7 Å². The lowest BCUT2D eigenvalue weighted by atomic mass is 10.1. The van der Waals surface area contributed by atoms with Crippen molar-refractivity contribution in [2.75, 3.05) is 7.05 Å². The number of nitrogens with one attached hydrogen (secondary N) is 1. The van der Waals surface area contributed by atoms with Crippen LogP contribution in [0.2, 0.25) is 10.0 Å². The molecule has 122 valence electrons. The zero-order valence-corrected chi connectivity index (χ0v) is 14.6. The van der Waals surface area contributed by atoms with Gasteiger partial charge in [0, 0.05) is 12.6 Å². The quantitative estimate of drug-likeness (QED) is 0.491. The lowest BCUT2D eigenvalue weighted by molar-refractivity contribution is -0.128. The molecular weight excluding hydrogens is 371 g/mol. The van der Waals surface area contributed by atoms with Gasteiger partial charge in [0.05, 0.1) is 10.0 Å². The predicted molar refractivity (Wildman–Crippen MR) is 95.7 cm³/mol. The minimum atomic E-state index is -0.568. The molecule has 1 fully saturated rings. The van der Waals surface area contributed by atoms with Gasteiger partial charge in [-0.1, -0.05) is 29.3 Å². The highest BCUT2D eigenvalue weighted by Crippen LogP contribution is 2.34. The molecule has 3 rings (SSSR count). The van der Waals surface area contributed by atoms with Crippen LogP contribution in [0.3, 0.4) is 0 Å². The molecule has 1 aromatic carbocycles. The van der Waals surface area contributed by atoms with Crippen LogP contribution in [0, 0.1) is 0 Å². The Kier molecular flexibility index (Phi) is 4.45. The molecule has 5 nitrogen and oxygen atoms in total. The van der Waals surface area contributed by atoms with Crippen molar-refractivity contribution >= 4 is 58.4 Å². The van der Waals surface area contributed by atoms with Gasteiger partial charge in [-0.2, -0.15) is 0 Å². The fraction of sp³-hybridized carbons (Fsp3) is 0.0625. The van der Waals surface area contributed by atoms with E-state index in [4.69, 9.17) is 39.8 Å². The SMILES string of the molecule is CN1C(=O)C(=Cc2ccc(-c3cccc(Cl)c3Cl)o2)C(=O)NC1=S. The van der Waals surface area contributed by atoms with Gasteiger partial charge in [0.1, 0.15) is 17.1 Å². The van der Waals surface area contributed by atoms with E-state index in [-0.39, 0.29) is 10.7 Å². The molecule has 0 aliphatic carbocycles. The molecular formula is C16H10Cl2N2O3S. The van der Waals surface area contributed by atoms with E-state index in [1.807, 2.05) is 0 Å². The Morgan fingerprint density at radius 1 is 1.21 bits per heavy atom. The van der Waals surface area contributed by atoms with Crippen LogP contribution in [0.5, 0.6) is 0 Å². The van der Waals surface area contributed by atoms with Gasteiger partial charge in [-0.05, 0) is 42.6 Å². The number of nitrogens with zero attached hydrogens (tertiary/aromatic N) is 1. The molecule has 0 radical (unpaired) electrons. The normalized spacial score (nSPS) is 16.7. The summed E-state index contributed by atoms with van der Waals surface area (Å²) in [5.74, 6) is -0.257. The summed E-state index contributed by atoms with van der Waals surface area (Å²) in [5.41, 5.74) is 0.552. The van der Waals surface area contributed by atoms with Crippen LogP contribution in [-0.4, -0.2) is 28.9 Å². The van der Waals surface area contributed by atoms with E-state index in [1.165, 1.54) is 18.0 Å². The van der Waals surface area contributed by atoms with Gasteiger partial charge in [0.15, 0.2) is 5.11 Å². The zero-order chi connectivity index (χ0) is 17.4. The van der Waals surface area contributed by atoms with Crippen molar-refractivity contribution < 1.29 is 14.0 Å². The molecule has 0 unspecified atom stereocenters. The van der Waals surface area contributed by atoms with E-state index in [9.17, 15) is 9.59 Å². The van der Waals surface area contributed by atoms with Gasteiger partial charge in [0.2, 0.25) is 0 Å². The molecule has 0 saturated carbocycles. The van der Waals surface area contributed by atoms with Crippen molar-refractivity contribution in [1.82, 2.24) is 10.2 Å². The van der Waals surface area contributed by atoms with Crippen molar-refractivity contribution in [1.29, 1.82) is 0 Å². The number of benzene rings is 1. The topological polar surface area (TPSA) is 62.6 Å². The summed E-state index contributed by atoms with van der Waals surface area (Å²) in [6.45, 7) is 0. The molecule has 24 heavy (non-hydrogen) atoms. The third-order valence-corrected chi connectivity index (χ3v) is 4.63. The van der Waals surface area contributed by atoms with Crippen molar-refractivity contribution in [2.45, 2.75) is 0 Å². The Labute approximate surface area is 152 Å². The van der Waals surface area contributed by atoms with E-state index >= 15 is 0 Å². The predicted octanol–water partition coefficient (Wildman–Crippen LogP) is 3.51. The smallest absolute Gasteiger partial charge is 0.265 e. The first-order valence-corrected chi connectivity index (χ1v) is 7.94. The van der Waals surface area contributed by atoms with E-state index in [0.717, 1.165) is 0 Å². The highest BCUT2D eigenvalue weighted by atomic mass is 35.5. The molecule has 8 heteroatoms. The number of likely N-dealkylation sites (N-methyl/N-ethyl adjacent to an activating group) is 1. The Hall–Kier alpha value is -2.15. The lowest BCUT2D eigenvalue weighted by Crippen LogP contribution is -2.52. The highest BCUT2D eigenvalue weighted by molar-refractivity contribution is 7.80. The fourth-order valence-electron chi connectivity index (χ4n) is 2.16. The summed E-state index contributed by atoms with van der Waals surface area (Å²) in [5, 5.41) is 3.27. The average Bonchev–Trinajstić information content (AvgIpc) is 3.00. The van der Waals surface area contributed by atoms with Crippen LogP contribution in [-0.2, 0) is 9.59 Å². The third-order valence-electron chi connectivity index (χ3n) is 3.44. The molecule has 0 bridgehead atoms. The van der Waals surface area contributed by atoms with Crippen LogP contribution in [0.1, 0.15) is 5.76 Å². The van der Waals surface area contributed by atoms with Gasteiger partial charge in [-0.25, -0.2) is 0 Å². The number of amides is 2. The Bertz CT molecular complexity index is 904. The standard InChI is InChI=1S/C16H10Cl2N2O3S/c1-20-15(22)10(14(21)19-16(20)24)7-8-5-6-12(23-8)9-3-2-4-11(17)13(9)18/h2-7H,1H3,(H,19,21,24). The molecule has 0 atom stereocenters. The number of carbonyl (C=O) groups excluding carboxylic acids is 2. The second kappa shape index (κ2) is 6.39. The number of hydrogen-bond acceptors (Lipinski definition) is 4. The molecule has 2 amide bonds. The second-order valence-electron chi connectivity index (χ2n) is 4.98. The van der Waals surface area contributed by atoms with Gasteiger partial charge >= 0.3 is 0 Å². The number of carbonyl (C=O) groups is 2. The molecule has 1 N–H and O–H groups in total. The largest absolute Gasteiger partial charge is 0.457 e. The zero-order valence-electron chi connectivity index (χ0n) is 12.3. The molecule has 0 spiro atoms. The number of halogens is 2. The fourth-order valence-corrected chi connectivity index (χ4v) is 2.73. The first kappa shape index (κ1) is 16.7. The summed E-state index contributed by atoms with van der Waals surface area (Å²) in [4.78, 5) is 25.3. The Morgan fingerprint density at radius 3 is 2.71 bits per heavy atom. The molecule has 2 heterocycles. The van der Waals surface area contributed by atoms with E-state index in [1.54, 1.807) is 30.3 Å². The van der Waals surface area contributed by atoms with Crippen molar-refractivity contribution in [3.63, 3.8) is 0 Å². The molecule has 1 aliphatic heterocycles. The molecule has 1 aromatic heterocycles. The average molecular weight is 381 g/mol. The number of furan rings is 1. The summed E-state index contributed by atoms with van der Waals surface area (Å²) in [6, 6.07) is 8.49. The Morgan fingerprint density at radius 2 is 1.96 bits per heavy atom. The van der Waals surface area contributed by atoms with Gasteiger partial charge < -0.3 is 4.42 Å². The van der Waals surface area contributed by atoms with E-state index < -0.39 is 11.8 Å². The summed E-state index contributed by atoms with van der Waals surface area (Å²) < 4.78 is 5.66. The first-order valence-electron chi connectivity index (χ1n) is 6.78. The van der Waals surface area contributed by atoms with Crippen LogP contribution < -0.4 is 5.32 Å². The second-order valence-corrected chi connectivity index (χ2v) is 6.16. The van der Waals surface area contributed by atoms with Crippen molar-refractivity contribution in [2.24, 2.45) is 0 Å². The number of thiocarbonyl (C=S) groups is 1. The minimum absolute atomic E-state index is 0.0630. The van der Waals surface area contributed by atoms with Gasteiger partial charge in [-0.15, -0.1) is 0 Å². The summed E-state index contributed by atoms with van der Waals surface area (Å²) >= 11 is 17.0. The number of hydrogen-bond donors (Lipinski definition) is 1. The van der Waals surface area contributed by atoms with E-state index in [2.05, 4.69) is 5.32 Å². The minimum Gasteiger partial charge on any atom is -0.457 e. The highest BCUT2D eigenvalue weighted by Gasteiger charge is 2.31. The third kappa shape index (κ3) is 2.96.